The smallest absolute Gasteiger partial charge is 0.242 e. The van der Waals surface area contributed by atoms with Gasteiger partial charge in [-0.15, -0.1) is 0 Å². The van der Waals surface area contributed by atoms with Crippen LogP contribution in [-0.2, 0) is 14.3 Å². The van der Waals surface area contributed by atoms with Crippen LogP contribution in [0.4, 0.5) is 0 Å². The molecule has 0 aliphatic carbocycles. The van der Waals surface area contributed by atoms with Gasteiger partial charge in [0.05, 0.1) is 25.2 Å². The topological polar surface area (TPSA) is 70.1 Å². The summed E-state index contributed by atoms with van der Waals surface area (Å²) in [5.74, 6) is 0.0302. The first kappa shape index (κ1) is 17.9. The first-order valence-corrected chi connectivity index (χ1v) is 9.93. The van der Waals surface area contributed by atoms with Gasteiger partial charge < -0.3 is 19.6 Å². The van der Waals surface area contributed by atoms with Crippen molar-refractivity contribution < 1.29 is 19.4 Å². The Morgan fingerprint density at radius 3 is 2.58 bits per heavy atom. The molecule has 7 heteroatoms. The second kappa shape index (κ2) is 7.29. The number of ether oxygens (including phenoxy) is 1. The van der Waals surface area contributed by atoms with Crippen LogP contribution in [0, 0.1) is 5.92 Å². The SMILES string of the molecule is O=C(C1CCOCC1)N1CC(=O)N2[C@H](CO)[C@@H](c3ccc(Br)cc3)[C@H]2C1. The zero-order chi connectivity index (χ0) is 18.3. The number of rotatable bonds is 3. The molecule has 0 bridgehead atoms. The monoisotopic (exact) mass is 422 g/mol. The number of amides is 2. The summed E-state index contributed by atoms with van der Waals surface area (Å²) >= 11 is 3.44. The zero-order valence-electron chi connectivity index (χ0n) is 14.5. The first-order chi connectivity index (χ1) is 12.6. The minimum Gasteiger partial charge on any atom is -0.394 e. The van der Waals surface area contributed by atoms with E-state index in [1.807, 2.05) is 24.3 Å². The van der Waals surface area contributed by atoms with Crippen LogP contribution in [-0.4, -0.2) is 71.7 Å². The summed E-state index contributed by atoms with van der Waals surface area (Å²) in [6.45, 7) is 1.83. The molecule has 140 valence electrons. The van der Waals surface area contributed by atoms with Crippen LogP contribution in [0.2, 0.25) is 0 Å². The maximum Gasteiger partial charge on any atom is 0.242 e. The number of halogens is 1. The number of carbonyl (C=O) groups is 2. The zero-order valence-corrected chi connectivity index (χ0v) is 16.1. The third-order valence-corrected chi connectivity index (χ3v) is 6.42. The molecule has 0 spiro atoms. The van der Waals surface area contributed by atoms with E-state index >= 15 is 0 Å². The van der Waals surface area contributed by atoms with Crippen LogP contribution >= 0.6 is 15.9 Å². The van der Waals surface area contributed by atoms with Crippen LogP contribution in [0.1, 0.15) is 24.3 Å². The van der Waals surface area contributed by atoms with E-state index in [1.54, 1.807) is 9.80 Å². The highest BCUT2D eigenvalue weighted by molar-refractivity contribution is 9.10. The van der Waals surface area contributed by atoms with E-state index in [0.29, 0.717) is 19.8 Å². The van der Waals surface area contributed by atoms with Gasteiger partial charge in [0.2, 0.25) is 11.8 Å². The molecule has 3 saturated heterocycles. The number of fused-ring (bicyclic) bond motifs is 1. The van der Waals surface area contributed by atoms with E-state index in [4.69, 9.17) is 4.74 Å². The van der Waals surface area contributed by atoms with Gasteiger partial charge in [0.25, 0.3) is 0 Å². The second-order valence-corrected chi connectivity index (χ2v) is 8.22. The predicted molar refractivity (Wildman–Crippen MR) is 98.5 cm³/mol. The van der Waals surface area contributed by atoms with Crippen molar-refractivity contribution in [3.8, 4) is 0 Å². The van der Waals surface area contributed by atoms with Crippen LogP contribution in [0.3, 0.4) is 0 Å². The molecule has 4 rings (SSSR count). The quantitative estimate of drug-likeness (QED) is 0.798. The van der Waals surface area contributed by atoms with Crippen molar-refractivity contribution in [1.29, 1.82) is 0 Å². The fourth-order valence-corrected chi connectivity index (χ4v) is 4.82. The van der Waals surface area contributed by atoms with Crippen LogP contribution in [0.25, 0.3) is 0 Å². The van der Waals surface area contributed by atoms with Crippen molar-refractivity contribution in [2.45, 2.75) is 30.8 Å². The largest absolute Gasteiger partial charge is 0.394 e. The molecule has 3 heterocycles. The fourth-order valence-electron chi connectivity index (χ4n) is 4.56. The lowest BCUT2D eigenvalue weighted by Gasteiger charge is -2.59. The van der Waals surface area contributed by atoms with Crippen molar-refractivity contribution in [3.63, 3.8) is 0 Å². The molecule has 1 aromatic carbocycles. The molecule has 0 unspecified atom stereocenters. The van der Waals surface area contributed by atoms with Gasteiger partial charge in [0.15, 0.2) is 0 Å². The first-order valence-electron chi connectivity index (χ1n) is 9.14. The van der Waals surface area contributed by atoms with Crippen molar-refractivity contribution in [3.05, 3.63) is 34.3 Å². The van der Waals surface area contributed by atoms with Crippen molar-refractivity contribution in [2.24, 2.45) is 5.92 Å². The molecule has 3 aliphatic heterocycles. The Bertz CT molecular complexity index is 689. The summed E-state index contributed by atoms with van der Waals surface area (Å²) in [4.78, 5) is 29.0. The van der Waals surface area contributed by atoms with Crippen molar-refractivity contribution >= 4 is 27.7 Å². The summed E-state index contributed by atoms with van der Waals surface area (Å²) in [5.41, 5.74) is 1.10. The molecule has 1 N–H and O–H groups in total. The summed E-state index contributed by atoms with van der Waals surface area (Å²) in [6.07, 6.45) is 1.46. The Hall–Kier alpha value is -1.44. The summed E-state index contributed by atoms with van der Waals surface area (Å²) in [5, 5.41) is 9.81. The fraction of sp³-hybridized carbons (Fsp3) is 0.579. The van der Waals surface area contributed by atoms with E-state index in [0.717, 1.165) is 22.9 Å². The molecule has 1 aromatic rings. The second-order valence-electron chi connectivity index (χ2n) is 7.30. The van der Waals surface area contributed by atoms with Gasteiger partial charge in [-0.25, -0.2) is 0 Å². The molecular formula is C19H23BrN2O4. The van der Waals surface area contributed by atoms with E-state index in [9.17, 15) is 14.7 Å². The van der Waals surface area contributed by atoms with E-state index in [1.165, 1.54) is 0 Å². The van der Waals surface area contributed by atoms with E-state index in [-0.39, 0.29) is 48.9 Å². The third kappa shape index (κ3) is 3.06. The lowest BCUT2D eigenvalue weighted by atomic mass is 9.73. The molecule has 3 fully saturated rings. The highest BCUT2D eigenvalue weighted by Gasteiger charge is 2.54. The van der Waals surface area contributed by atoms with E-state index in [2.05, 4.69) is 15.9 Å². The Morgan fingerprint density at radius 1 is 1.23 bits per heavy atom. The average molecular weight is 423 g/mol. The lowest BCUT2D eigenvalue weighted by Crippen LogP contribution is -2.73. The number of hydrogen-bond donors (Lipinski definition) is 1. The summed E-state index contributed by atoms with van der Waals surface area (Å²) < 4.78 is 6.34. The molecule has 0 saturated carbocycles. The van der Waals surface area contributed by atoms with Gasteiger partial charge in [-0.1, -0.05) is 28.1 Å². The number of piperazine rings is 1. The predicted octanol–water partition coefficient (Wildman–Crippen LogP) is 1.37. The number of hydrogen-bond acceptors (Lipinski definition) is 4. The molecule has 2 amide bonds. The van der Waals surface area contributed by atoms with Crippen molar-refractivity contribution in [2.75, 3.05) is 32.9 Å². The summed E-state index contributed by atoms with van der Waals surface area (Å²) in [6, 6.07) is 7.74. The Labute approximate surface area is 161 Å². The molecule has 0 aromatic heterocycles. The molecule has 0 radical (unpaired) electrons. The number of aliphatic hydroxyl groups is 1. The maximum absolute atomic E-state index is 12.9. The minimum absolute atomic E-state index is 0.0389. The Kier molecular flexibility index (Phi) is 5.03. The summed E-state index contributed by atoms with van der Waals surface area (Å²) in [7, 11) is 0. The minimum atomic E-state index is -0.200. The molecule has 3 atom stereocenters. The highest BCUT2D eigenvalue weighted by atomic mass is 79.9. The maximum atomic E-state index is 12.9. The van der Waals surface area contributed by atoms with Gasteiger partial charge in [-0.05, 0) is 30.5 Å². The Balaban J connectivity index is 1.53. The lowest BCUT2D eigenvalue weighted by molar-refractivity contribution is -0.169. The van der Waals surface area contributed by atoms with Gasteiger partial charge in [-0.2, -0.15) is 0 Å². The number of benzene rings is 1. The average Bonchev–Trinajstić information content (AvgIpc) is 2.65. The van der Waals surface area contributed by atoms with Crippen LogP contribution in [0.15, 0.2) is 28.7 Å². The van der Waals surface area contributed by atoms with Gasteiger partial charge in [0, 0.05) is 36.1 Å². The standard InChI is InChI=1S/C19H23BrN2O4/c20-14-3-1-12(2-4-14)18-15-9-21(10-17(24)22(15)16(18)11-23)19(25)13-5-7-26-8-6-13/h1-4,13,15-16,18,23H,5-11H2/t15-,16-,18+/m1/s1. The normalized spacial score (nSPS) is 29.3. The number of nitrogens with zero attached hydrogens (tertiary/aromatic N) is 2. The number of carbonyl (C=O) groups excluding carboxylic acids is 2. The van der Waals surface area contributed by atoms with E-state index < -0.39 is 0 Å². The van der Waals surface area contributed by atoms with Crippen LogP contribution < -0.4 is 0 Å². The molecule has 26 heavy (non-hydrogen) atoms. The van der Waals surface area contributed by atoms with Gasteiger partial charge in [-0.3, -0.25) is 9.59 Å². The van der Waals surface area contributed by atoms with Crippen LogP contribution in [0.5, 0.6) is 0 Å². The molecule has 6 nitrogen and oxygen atoms in total. The third-order valence-electron chi connectivity index (χ3n) is 5.89. The molecular weight excluding hydrogens is 400 g/mol. The van der Waals surface area contributed by atoms with Gasteiger partial charge >= 0.3 is 0 Å². The highest BCUT2D eigenvalue weighted by Crippen LogP contribution is 2.43. The van der Waals surface area contributed by atoms with Gasteiger partial charge in [0.1, 0.15) is 0 Å². The Morgan fingerprint density at radius 2 is 1.92 bits per heavy atom. The molecule has 3 aliphatic rings. The number of aliphatic hydroxyl groups excluding tert-OH is 1. The van der Waals surface area contributed by atoms with Crippen molar-refractivity contribution in [1.82, 2.24) is 9.80 Å².